The van der Waals surface area contributed by atoms with E-state index in [1.54, 1.807) is 24.3 Å². The molecule has 1 N–H and O–H groups in total. The number of benzene rings is 1. The first kappa shape index (κ1) is 12.2. The van der Waals surface area contributed by atoms with Crippen molar-refractivity contribution < 1.29 is 14.6 Å². The number of hydrogen-bond acceptors (Lipinski definition) is 2. The highest BCUT2D eigenvalue weighted by atomic mass is 35.5. The van der Waals surface area contributed by atoms with Crippen molar-refractivity contribution in [1.82, 2.24) is 0 Å². The van der Waals surface area contributed by atoms with E-state index in [-0.39, 0.29) is 6.61 Å². The zero-order valence-electron chi connectivity index (χ0n) is 9.49. The van der Waals surface area contributed by atoms with Crippen molar-refractivity contribution in [2.24, 2.45) is 5.41 Å². The molecule has 92 valence electrons. The summed E-state index contributed by atoms with van der Waals surface area (Å²) in [4.78, 5) is 11.3. The van der Waals surface area contributed by atoms with Crippen LogP contribution in [0.5, 0.6) is 5.75 Å². The molecule has 17 heavy (non-hydrogen) atoms. The van der Waals surface area contributed by atoms with Crippen molar-refractivity contribution in [3.63, 3.8) is 0 Å². The number of rotatable bonds is 4. The molecule has 2 rings (SSSR count). The Morgan fingerprint density at radius 3 is 2.71 bits per heavy atom. The Kier molecular flexibility index (Phi) is 3.57. The van der Waals surface area contributed by atoms with Crippen LogP contribution in [0.1, 0.15) is 25.7 Å². The standard InChI is InChI=1S/C13H15ClO3/c14-10-4-3-5-11(8-10)17-9-13(12(15)16)6-1-2-7-13/h3-5,8H,1-2,6-7,9H2,(H,15,16). The van der Waals surface area contributed by atoms with E-state index in [0.717, 1.165) is 12.8 Å². The Balaban J connectivity index is 2.03. The van der Waals surface area contributed by atoms with Crippen LogP contribution in [-0.2, 0) is 4.79 Å². The summed E-state index contributed by atoms with van der Waals surface area (Å²) in [5.41, 5.74) is -0.706. The summed E-state index contributed by atoms with van der Waals surface area (Å²) in [5, 5.41) is 9.89. The number of carboxylic acid groups (broad SMARTS) is 1. The molecule has 0 amide bonds. The fraction of sp³-hybridized carbons (Fsp3) is 0.462. The number of hydrogen-bond donors (Lipinski definition) is 1. The van der Waals surface area contributed by atoms with Crippen LogP contribution in [0.15, 0.2) is 24.3 Å². The molecule has 1 fully saturated rings. The van der Waals surface area contributed by atoms with E-state index in [2.05, 4.69) is 0 Å². The Bertz CT molecular complexity index is 411. The van der Waals surface area contributed by atoms with E-state index in [1.807, 2.05) is 0 Å². The maximum absolute atomic E-state index is 11.3. The van der Waals surface area contributed by atoms with Crippen LogP contribution >= 0.6 is 11.6 Å². The number of halogens is 1. The summed E-state index contributed by atoms with van der Waals surface area (Å²) < 4.78 is 5.57. The monoisotopic (exact) mass is 254 g/mol. The van der Waals surface area contributed by atoms with Crippen molar-refractivity contribution >= 4 is 17.6 Å². The van der Waals surface area contributed by atoms with E-state index in [4.69, 9.17) is 16.3 Å². The average Bonchev–Trinajstić information content (AvgIpc) is 2.76. The molecule has 0 radical (unpaired) electrons. The molecule has 4 heteroatoms. The van der Waals surface area contributed by atoms with Crippen LogP contribution < -0.4 is 4.74 Å². The normalized spacial score (nSPS) is 17.9. The molecule has 1 saturated carbocycles. The number of ether oxygens (including phenoxy) is 1. The number of carboxylic acids is 1. The summed E-state index contributed by atoms with van der Waals surface area (Å²) in [5.74, 6) is -0.123. The molecular weight excluding hydrogens is 240 g/mol. The van der Waals surface area contributed by atoms with Crippen molar-refractivity contribution in [2.75, 3.05) is 6.61 Å². The van der Waals surface area contributed by atoms with Gasteiger partial charge in [-0.25, -0.2) is 0 Å². The van der Waals surface area contributed by atoms with Gasteiger partial charge in [0, 0.05) is 5.02 Å². The molecular formula is C13H15ClO3. The predicted octanol–water partition coefficient (Wildman–Crippen LogP) is 3.36. The largest absolute Gasteiger partial charge is 0.492 e. The zero-order valence-corrected chi connectivity index (χ0v) is 10.2. The summed E-state index contributed by atoms with van der Waals surface area (Å²) >= 11 is 5.84. The minimum atomic E-state index is -0.753. The van der Waals surface area contributed by atoms with Crippen molar-refractivity contribution in [3.05, 3.63) is 29.3 Å². The summed E-state index contributed by atoms with van der Waals surface area (Å²) in [6.07, 6.45) is 3.32. The second-order valence-electron chi connectivity index (χ2n) is 4.54. The molecule has 0 spiro atoms. The van der Waals surface area contributed by atoms with Gasteiger partial charge < -0.3 is 9.84 Å². The van der Waals surface area contributed by atoms with Gasteiger partial charge in [0.15, 0.2) is 0 Å². The van der Waals surface area contributed by atoms with E-state index < -0.39 is 11.4 Å². The van der Waals surface area contributed by atoms with Gasteiger partial charge in [0.25, 0.3) is 0 Å². The summed E-state index contributed by atoms with van der Waals surface area (Å²) in [6, 6.07) is 7.04. The van der Waals surface area contributed by atoms with E-state index >= 15 is 0 Å². The van der Waals surface area contributed by atoms with Gasteiger partial charge in [-0.2, -0.15) is 0 Å². The van der Waals surface area contributed by atoms with Crippen LogP contribution in [0.4, 0.5) is 0 Å². The predicted molar refractivity (Wildman–Crippen MR) is 65.5 cm³/mol. The molecule has 0 bridgehead atoms. The Morgan fingerprint density at radius 2 is 2.12 bits per heavy atom. The van der Waals surface area contributed by atoms with E-state index in [9.17, 15) is 9.90 Å². The van der Waals surface area contributed by atoms with Crippen LogP contribution in [0.25, 0.3) is 0 Å². The highest BCUT2D eigenvalue weighted by Crippen LogP contribution is 2.38. The van der Waals surface area contributed by atoms with Crippen LogP contribution in [0, 0.1) is 5.41 Å². The fourth-order valence-corrected chi connectivity index (χ4v) is 2.43. The molecule has 3 nitrogen and oxygen atoms in total. The third-order valence-electron chi connectivity index (χ3n) is 3.33. The quantitative estimate of drug-likeness (QED) is 0.896. The van der Waals surface area contributed by atoms with E-state index in [1.165, 1.54) is 0 Å². The lowest BCUT2D eigenvalue weighted by Gasteiger charge is -2.23. The molecule has 0 aliphatic heterocycles. The van der Waals surface area contributed by atoms with Gasteiger partial charge in [-0.05, 0) is 31.0 Å². The molecule has 1 aliphatic carbocycles. The molecule has 0 heterocycles. The SMILES string of the molecule is O=C(O)C1(COc2cccc(Cl)c2)CCCC1. The minimum Gasteiger partial charge on any atom is -0.492 e. The Labute approximate surface area is 105 Å². The van der Waals surface area contributed by atoms with Gasteiger partial charge in [0.05, 0.1) is 0 Å². The molecule has 0 unspecified atom stereocenters. The molecule has 0 saturated heterocycles. The molecule has 0 aromatic heterocycles. The first-order valence-corrected chi connectivity index (χ1v) is 6.12. The zero-order chi connectivity index (χ0) is 12.3. The molecule has 1 aliphatic rings. The van der Waals surface area contributed by atoms with E-state index in [0.29, 0.717) is 23.6 Å². The fourth-order valence-electron chi connectivity index (χ4n) is 2.25. The smallest absolute Gasteiger partial charge is 0.313 e. The topological polar surface area (TPSA) is 46.5 Å². The average molecular weight is 255 g/mol. The third kappa shape index (κ3) is 2.72. The van der Waals surface area contributed by atoms with Crippen molar-refractivity contribution in [1.29, 1.82) is 0 Å². The Morgan fingerprint density at radius 1 is 1.41 bits per heavy atom. The Hall–Kier alpha value is -1.22. The highest BCUT2D eigenvalue weighted by Gasteiger charge is 2.42. The second-order valence-corrected chi connectivity index (χ2v) is 4.98. The maximum Gasteiger partial charge on any atom is 0.313 e. The summed E-state index contributed by atoms with van der Waals surface area (Å²) in [6.45, 7) is 0.225. The lowest BCUT2D eigenvalue weighted by Crippen LogP contribution is -2.34. The second kappa shape index (κ2) is 4.96. The van der Waals surface area contributed by atoms with Crippen molar-refractivity contribution in [2.45, 2.75) is 25.7 Å². The lowest BCUT2D eigenvalue weighted by atomic mass is 9.87. The first-order chi connectivity index (χ1) is 8.12. The lowest BCUT2D eigenvalue weighted by molar-refractivity contribution is -0.150. The number of aliphatic carboxylic acids is 1. The van der Waals surface area contributed by atoms with Gasteiger partial charge in [0.1, 0.15) is 17.8 Å². The maximum atomic E-state index is 11.3. The summed E-state index contributed by atoms with van der Waals surface area (Å²) in [7, 11) is 0. The van der Waals surface area contributed by atoms with Crippen LogP contribution in [0.3, 0.4) is 0 Å². The molecule has 0 atom stereocenters. The van der Waals surface area contributed by atoms with Crippen molar-refractivity contribution in [3.8, 4) is 5.75 Å². The van der Waals surface area contributed by atoms with Crippen LogP contribution in [-0.4, -0.2) is 17.7 Å². The van der Waals surface area contributed by atoms with Gasteiger partial charge in [-0.15, -0.1) is 0 Å². The van der Waals surface area contributed by atoms with Crippen LogP contribution in [0.2, 0.25) is 5.02 Å². The van der Waals surface area contributed by atoms with Gasteiger partial charge in [-0.3, -0.25) is 4.79 Å². The first-order valence-electron chi connectivity index (χ1n) is 5.74. The molecule has 1 aromatic carbocycles. The highest BCUT2D eigenvalue weighted by molar-refractivity contribution is 6.30. The van der Waals surface area contributed by atoms with Gasteiger partial charge in [0.2, 0.25) is 0 Å². The minimum absolute atomic E-state index is 0.225. The van der Waals surface area contributed by atoms with Gasteiger partial charge >= 0.3 is 5.97 Å². The third-order valence-corrected chi connectivity index (χ3v) is 3.56. The molecule has 1 aromatic rings. The van der Waals surface area contributed by atoms with Gasteiger partial charge in [-0.1, -0.05) is 30.5 Å². The number of carbonyl (C=O) groups is 1.